The summed E-state index contributed by atoms with van der Waals surface area (Å²) in [6, 6.07) is 70.9. The predicted octanol–water partition coefficient (Wildman–Crippen LogP) is 16.0. The molecule has 3 nitrogen and oxygen atoms in total. The first-order valence-electron chi connectivity index (χ1n) is 19.7. The van der Waals surface area contributed by atoms with Crippen LogP contribution in [-0.2, 0) is 0 Å². The highest BCUT2D eigenvalue weighted by Crippen LogP contribution is 2.46. The topological polar surface area (TPSA) is 21.3 Å². The van der Waals surface area contributed by atoms with E-state index in [1.165, 1.54) is 74.3 Å². The Morgan fingerprint density at radius 2 is 0.879 bits per heavy atom. The van der Waals surface area contributed by atoms with Crippen LogP contribution in [0.2, 0.25) is 0 Å². The van der Waals surface area contributed by atoms with E-state index in [4.69, 9.17) is 4.42 Å². The molecule has 0 saturated heterocycles. The summed E-state index contributed by atoms with van der Waals surface area (Å²) in [6.07, 6.45) is 0. The Bertz CT molecular complexity index is 3810. The summed E-state index contributed by atoms with van der Waals surface area (Å²) in [5.41, 5.74) is 8.69. The van der Waals surface area contributed by atoms with Gasteiger partial charge in [-0.3, -0.25) is 0 Å². The molecule has 0 radical (unpaired) electrons. The Hall–Kier alpha value is -7.40. The zero-order valence-corrected chi connectivity index (χ0v) is 32.0. The molecule has 0 aliphatic rings. The van der Waals surface area contributed by atoms with Crippen LogP contribution < -0.4 is 4.90 Å². The van der Waals surface area contributed by atoms with Crippen LogP contribution in [0.1, 0.15) is 0 Å². The molecule has 0 fully saturated rings. The Kier molecular flexibility index (Phi) is 6.60. The monoisotopic (exact) mass is 756 g/mol. The minimum Gasteiger partial charge on any atom is -0.456 e. The van der Waals surface area contributed by atoms with Crippen molar-refractivity contribution in [1.82, 2.24) is 4.57 Å². The first kappa shape index (κ1) is 31.8. The first-order valence-corrected chi connectivity index (χ1v) is 20.6. The average molecular weight is 757 g/mol. The standard InChI is InChI=1S/C54H32N2OS/c1-2-12-33(13-3-1)56-49-19-9-6-16-40(49)46-29-35(23-26-50(46)56)55(36-24-27-54-48(30-36)42-18-8-11-21-53(42)58-54)34-22-25-39-43(28-34)37-14-4-5-15-38(37)44-31-47-41-17-7-10-20-51(41)57-52(47)32-45(39)44/h1-32H. The minimum atomic E-state index is 0.912. The van der Waals surface area contributed by atoms with Gasteiger partial charge in [0.05, 0.1) is 11.0 Å². The molecule has 0 aliphatic carbocycles. The molecule has 270 valence electrons. The van der Waals surface area contributed by atoms with Crippen LogP contribution >= 0.6 is 11.3 Å². The number of aromatic nitrogens is 1. The second-order valence-corrected chi connectivity index (χ2v) is 16.4. The molecule has 0 atom stereocenters. The molecule has 3 heterocycles. The van der Waals surface area contributed by atoms with E-state index in [1.54, 1.807) is 0 Å². The molecule has 13 rings (SSSR count). The van der Waals surface area contributed by atoms with E-state index in [2.05, 4.69) is 198 Å². The first-order chi connectivity index (χ1) is 28.7. The third-order valence-corrected chi connectivity index (χ3v) is 13.3. The summed E-state index contributed by atoms with van der Waals surface area (Å²) in [7, 11) is 0. The van der Waals surface area contributed by atoms with Gasteiger partial charge in [0.15, 0.2) is 0 Å². The lowest BCUT2D eigenvalue weighted by atomic mass is 9.92. The number of rotatable bonds is 4. The lowest BCUT2D eigenvalue weighted by Gasteiger charge is -2.26. The van der Waals surface area contributed by atoms with Crippen LogP contribution in [0, 0.1) is 0 Å². The molecule has 0 unspecified atom stereocenters. The van der Waals surface area contributed by atoms with Crippen molar-refractivity contribution < 1.29 is 4.42 Å². The van der Waals surface area contributed by atoms with Crippen molar-refractivity contribution in [1.29, 1.82) is 0 Å². The van der Waals surface area contributed by atoms with Crippen molar-refractivity contribution >= 4 is 125 Å². The smallest absolute Gasteiger partial charge is 0.136 e. The van der Waals surface area contributed by atoms with E-state index in [1.807, 2.05) is 17.4 Å². The fourth-order valence-electron chi connectivity index (χ4n) is 9.55. The molecule has 0 amide bonds. The van der Waals surface area contributed by atoms with Crippen LogP contribution in [0.15, 0.2) is 199 Å². The quantitative estimate of drug-likeness (QED) is 0.167. The third kappa shape index (κ3) is 4.55. The van der Waals surface area contributed by atoms with E-state index < -0.39 is 0 Å². The second-order valence-electron chi connectivity index (χ2n) is 15.3. The van der Waals surface area contributed by atoms with Crippen LogP contribution in [-0.4, -0.2) is 4.57 Å². The molecule has 58 heavy (non-hydrogen) atoms. The summed E-state index contributed by atoms with van der Waals surface area (Å²) >= 11 is 1.85. The summed E-state index contributed by atoms with van der Waals surface area (Å²) in [4.78, 5) is 2.45. The summed E-state index contributed by atoms with van der Waals surface area (Å²) in [5, 5.41) is 14.6. The zero-order valence-electron chi connectivity index (χ0n) is 31.2. The van der Waals surface area contributed by atoms with E-state index >= 15 is 0 Å². The Morgan fingerprint density at radius 1 is 0.328 bits per heavy atom. The Balaban J connectivity index is 1.09. The van der Waals surface area contributed by atoms with Gasteiger partial charge in [-0.2, -0.15) is 0 Å². The molecule has 0 N–H and O–H groups in total. The van der Waals surface area contributed by atoms with Crippen LogP contribution in [0.25, 0.3) is 102 Å². The summed E-state index contributed by atoms with van der Waals surface area (Å²) in [6.45, 7) is 0. The van der Waals surface area contributed by atoms with Crippen LogP contribution in [0.5, 0.6) is 0 Å². The number of anilines is 3. The van der Waals surface area contributed by atoms with Gasteiger partial charge in [-0.1, -0.05) is 103 Å². The molecule has 0 aliphatic heterocycles. The number of benzene rings is 10. The Labute approximate surface area is 336 Å². The largest absolute Gasteiger partial charge is 0.456 e. The molecular formula is C54H32N2OS. The summed E-state index contributed by atoms with van der Waals surface area (Å²) < 4.78 is 11.4. The normalized spacial score (nSPS) is 12.1. The molecule has 0 bridgehead atoms. The van der Waals surface area contributed by atoms with Crippen molar-refractivity contribution in [3.05, 3.63) is 194 Å². The van der Waals surface area contributed by atoms with Crippen LogP contribution in [0.3, 0.4) is 0 Å². The van der Waals surface area contributed by atoms with Gasteiger partial charge in [-0.05, 0) is 123 Å². The molecule has 4 heteroatoms. The minimum absolute atomic E-state index is 0.912. The van der Waals surface area contributed by atoms with Gasteiger partial charge in [0.1, 0.15) is 11.2 Å². The van der Waals surface area contributed by atoms with Crippen molar-refractivity contribution in [2.45, 2.75) is 0 Å². The third-order valence-electron chi connectivity index (χ3n) is 12.1. The molecule has 3 aromatic heterocycles. The highest BCUT2D eigenvalue weighted by Gasteiger charge is 2.21. The van der Waals surface area contributed by atoms with Crippen molar-refractivity contribution in [2.75, 3.05) is 4.90 Å². The van der Waals surface area contributed by atoms with Gasteiger partial charge in [0, 0.05) is 64.5 Å². The average Bonchev–Trinajstić information content (AvgIpc) is 3.95. The van der Waals surface area contributed by atoms with Gasteiger partial charge in [0.2, 0.25) is 0 Å². The van der Waals surface area contributed by atoms with E-state index in [0.29, 0.717) is 0 Å². The lowest BCUT2D eigenvalue weighted by Crippen LogP contribution is -2.10. The molecule has 0 saturated carbocycles. The van der Waals surface area contributed by atoms with Gasteiger partial charge < -0.3 is 13.9 Å². The fourth-order valence-corrected chi connectivity index (χ4v) is 10.6. The molecule has 0 spiro atoms. The second kappa shape index (κ2) is 12.1. The number of hydrogen-bond acceptors (Lipinski definition) is 3. The number of furan rings is 1. The van der Waals surface area contributed by atoms with Crippen molar-refractivity contribution in [2.24, 2.45) is 0 Å². The highest BCUT2D eigenvalue weighted by atomic mass is 32.1. The SMILES string of the molecule is c1ccc(-n2c3ccccc3c3cc(N(c4ccc5sc6ccccc6c5c4)c4ccc5c(c4)c4ccccc4c4cc6c(cc54)oc4ccccc46)ccc32)cc1. The van der Waals surface area contributed by atoms with E-state index in [0.717, 1.165) is 44.7 Å². The number of para-hydroxylation sites is 3. The van der Waals surface area contributed by atoms with Gasteiger partial charge in [-0.25, -0.2) is 0 Å². The van der Waals surface area contributed by atoms with Crippen LogP contribution in [0.4, 0.5) is 17.1 Å². The zero-order chi connectivity index (χ0) is 37.9. The lowest BCUT2D eigenvalue weighted by molar-refractivity contribution is 0.669. The number of hydrogen-bond donors (Lipinski definition) is 0. The predicted molar refractivity (Wildman–Crippen MR) is 248 cm³/mol. The van der Waals surface area contributed by atoms with Crippen molar-refractivity contribution in [3.63, 3.8) is 0 Å². The van der Waals surface area contributed by atoms with Gasteiger partial charge >= 0.3 is 0 Å². The van der Waals surface area contributed by atoms with E-state index in [9.17, 15) is 0 Å². The number of thiophene rings is 1. The van der Waals surface area contributed by atoms with E-state index in [-0.39, 0.29) is 0 Å². The number of fused-ring (bicyclic) bond motifs is 15. The maximum absolute atomic E-state index is 6.44. The number of nitrogens with zero attached hydrogens (tertiary/aromatic N) is 2. The maximum Gasteiger partial charge on any atom is 0.136 e. The van der Waals surface area contributed by atoms with Crippen molar-refractivity contribution in [3.8, 4) is 5.69 Å². The van der Waals surface area contributed by atoms with Gasteiger partial charge in [-0.15, -0.1) is 11.3 Å². The Morgan fingerprint density at radius 3 is 1.71 bits per heavy atom. The summed E-state index contributed by atoms with van der Waals surface area (Å²) in [5.74, 6) is 0. The maximum atomic E-state index is 6.44. The fraction of sp³-hybridized carbons (Fsp3) is 0. The molecule has 10 aromatic carbocycles. The molecule has 13 aromatic rings. The van der Waals surface area contributed by atoms with Gasteiger partial charge in [0.25, 0.3) is 0 Å². The highest BCUT2D eigenvalue weighted by molar-refractivity contribution is 7.25. The molecular weight excluding hydrogens is 725 g/mol.